The Balaban J connectivity index is 2.12. The van der Waals surface area contributed by atoms with Gasteiger partial charge in [0.2, 0.25) is 0 Å². The Bertz CT molecular complexity index is 410. The summed E-state index contributed by atoms with van der Waals surface area (Å²) in [6, 6.07) is 4.35. The normalized spacial score (nSPS) is 10.2. The number of hydrogen-bond acceptors (Lipinski definition) is 4. The highest BCUT2D eigenvalue weighted by Gasteiger charge is 2.04. The van der Waals surface area contributed by atoms with E-state index in [-0.39, 0.29) is 11.7 Å². The minimum atomic E-state index is -0.452. The molecule has 0 heterocycles. The summed E-state index contributed by atoms with van der Waals surface area (Å²) in [6.07, 6.45) is 2.79. The molecule has 4 nitrogen and oxygen atoms in total. The molecule has 0 amide bonds. The minimum Gasteiger partial charge on any atom is -0.491 e. The average molecular weight is 269 g/mol. The summed E-state index contributed by atoms with van der Waals surface area (Å²) in [4.78, 5) is 11.1. The number of unbranched alkanes of at least 4 members (excludes halogenated alkanes) is 2. The molecule has 0 aromatic heterocycles. The molecule has 0 radical (unpaired) electrons. The number of hydrogen-bond donors (Lipinski definition) is 1. The first-order chi connectivity index (χ1) is 9.13. The zero-order valence-electron chi connectivity index (χ0n) is 11.2. The number of esters is 1. The number of carbonyl (C=O) groups is 1. The first-order valence-corrected chi connectivity index (χ1v) is 6.47. The lowest BCUT2D eigenvalue weighted by Crippen LogP contribution is -2.04. The molecule has 1 aromatic carbocycles. The van der Waals surface area contributed by atoms with Crippen LogP contribution in [0.25, 0.3) is 0 Å². The van der Waals surface area contributed by atoms with Crippen molar-refractivity contribution in [3.8, 4) is 5.75 Å². The van der Waals surface area contributed by atoms with Crippen molar-refractivity contribution in [3.63, 3.8) is 0 Å². The number of nitrogen functional groups attached to an aromatic ring is 1. The maximum absolute atomic E-state index is 13.4. The third-order valence-electron chi connectivity index (χ3n) is 2.54. The Morgan fingerprint density at radius 3 is 2.79 bits per heavy atom. The maximum atomic E-state index is 13.4. The van der Waals surface area contributed by atoms with Crippen molar-refractivity contribution in [2.45, 2.75) is 32.6 Å². The number of carbonyl (C=O) groups excluding carboxylic acids is 1. The van der Waals surface area contributed by atoms with Crippen LogP contribution in [-0.4, -0.2) is 19.2 Å². The standard InChI is InChI=1S/C14H20FNO3/c1-2-18-14(17)6-4-3-5-9-19-13-8-7-11(16)10-12(13)15/h7-8,10H,2-6,9,16H2,1H3. The lowest BCUT2D eigenvalue weighted by molar-refractivity contribution is -0.143. The van der Waals surface area contributed by atoms with E-state index in [0.29, 0.717) is 25.3 Å². The van der Waals surface area contributed by atoms with Crippen molar-refractivity contribution >= 4 is 11.7 Å². The third-order valence-corrected chi connectivity index (χ3v) is 2.54. The van der Waals surface area contributed by atoms with Gasteiger partial charge in [-0.3, -0.25) is 4.79 Å². The number of nitrogens with two attached hydrogens (primary N) is 1. The van der Waals surface area contributed by atoms with Crippen molar-refractivity contribution < 1.29 is 18.7 Å². The molecular weight excluding hydrogens is 249 g/mol. The first-order valence-electron chi connectivity index (χ1n) is 6.47. The number of rotatable bonds is 8. The van der Waals surface area contributed by atoms with E-state index < -0.39 is 5.82 Å². The molecule has 1 aromatic rings. The molecule has 0 unspecified atom stereocenters. The van der Waals surface area contributed by atoms with Gasteiger partial charge in [-0.05, 0) is 38.3 Å². The van der Waals surface area contributed by atoms with Gasteiger partial charge in [-0.25, -0.2) is 4.39 Å². The van der Waals surface area contributed by atoms with Crippen LogP contribution >= 0.6 is 0 Å². The summed E-state index contributed by atoms with van der Waals surface area (Å²) in [7, 11) is 0. The Labute approximate surface area is 112 Å². The van der Waals surface area contributed by atoms with E-state index in [9.17, 15) is 9.18 Å². The van der Waals surface area contributed by atoms with Crippen LogP contribution in [-0.2, 0) is 9.53 Å². The minimum absolute atomic E-state index is 0.173. The monoisotopic (exact) mass is 269 g/mol. The van der Waals surface area contributed by atoms with Crippen molar-refractivity contribution in [2.24, 2.45) is 0 Å². The topological polar surface area (TPSA) is 61.5 Å². The van der Waals surface area contributed by atoms with E-state index in [1.807, 2.05) is 0 Å². The summed E-state index contributed by atoms with van der Waals surface area (Å²) in [5, 5.41) is 0. The second kappa shape index (κ2) is 8.34. The van der Waals surface area contributed by atoms with E-state index in [2.05, 4.69) is 0 Å². The largest absolute Gasteiger partial charge is 0.491 e. The van der Waals surface area contributed by atoms with Crippen LogP contribution in [0, 0.1) is 5.82 Å². The van der Waals surface area contributed by atoms with Crippen LogP contribution in [0.2, 0.25) is 0 Å². The van der Waals surface area contributed by atoms with E-state index in [0.717, 1.165) is 19.3 Å². The second-order valence-electron chi connectivity index (χ2n) is 4.15. The molecule has 0 aliphatic heterocycles. The summed E-state index contributed by atoms with van der Waals surface area (Å²) >= 11 is 0. The van der Waals surface area contributed by atoms with Gasteiger partial charge in [-0.2, -0.15) is 0 Å². The molecule has 5 heteroatoms. The number of benzene rings is 1. The summed E-state index contributed by atoms with van der Waals surface area (Å²) in [5.41, 5.74) is 5.81. The number of ether oxygens (including phenoxy) is 2. The third kappa shape index (κ3) is 6.08. The summed E-state index contributed by atoms with van der Waals surface area (Å²) < 4.78 is 23.5. The van der Waals surface area contributed by atoms with Crippen LogP contribution in [0.3, 0.4) is 0 Å². The fourth-order valence-corrected chi connectivity index (χ4v) is 1.60. The van der Waals surface area contributed by atoms with Crippen LogP contribution in [0.1, 0.15) is 32.6 Å². The highest BCUT2D eigenvalue weighted by Crippen LogP contribution is 2.19. The molecule has 1 rings (SSSR count). The smallest absolute Gasteiger partial charge is 0.305 e. The molecule has 0 bridgehead atoms. The van der Waals surface area contributed by atoms with Gasteiger partial charge in [0, 0.05) is 18.2 Å². The van der Waals surface area contributed by atoms with Crippen LogP contribution < -0.4 is 10.5 Å². The Kier molecular flexibility index (Phi) is 6.71. The van der Waals surface area contributed by atoms with Crippen molar-refractivity contribution in [2.75, 3.05) is 18.9 Å². The summed E-state index contributed by atoms with van der Waals surface area (Å²) in [5.74, 6) is -0.417. The highest BCUT2D eigenvalue weighted by atomic mass is 19.1. The van der Waals surface area contributed by atoms with Crippen molar-refractivity contribution in [3.05, 3.63) is 24.0 Å². The predicted molar refractivity (Wildman–Crippen MR) is 71.4 cm³/mol. The van der Waals surface area contributed by atoms with Crippen LogP contribution in [0.4, 0.5) is 10.1 Å². The van der Waals surface area contributed by atoms with Gasteiger partial charge < -0.3 is 15.2 Å². The molecule has 19 heavy (non-hydrogen) atoms. The van der Waals surface area contributed by atoms with E-state index in [1.165, 1.54) is 12.1 Å². The van der Waals surface area contributed by atoms with Gasteiger partial charge in [-0.15, -0.1) is 0 Å². The van der Waals surface area contributed by atoms with Crippen LogP contribution in [0.5, 0.6) is 5.75 Å². The molecule has 2 N–H and O–H groups in total. The zero-order chi connectivity index (χ0) is 14.1. The van der Waals surface area contributed by atoms with Crippen molar-refractivity contribution in [1.29, 1.82) is 0 Å². The zero-order valence-corrected chi connectivity index (χ0v) is 11.2. The fourth-order valence-electron chi connectivity index (χ4n) is 1.60. The molecule has 0 atom stereocenters. The Hall–Kier alpha value is -1.78. The van der Waals surface area contributed by atoms with E-state index >= 15 is 0 Å². The Morgan fingerprint density at radius 1 is 1.32 bits per heavy atom. The van der Waals surface area contributed by atoms with Crippen LogP contribution in [0.15, 0.2) is 18.2 Å². The Morgan fingerprint density at radius 2 is 2.11 bits per heavy atom. The molecular formula is C14H20FNO3. The molecule has 0 aliphatic carbocycles. The second-order valence-corrected chi connectivity index (χ2v) is 4.15. The SMILES string of the molecule is CCOC(=O)CCCCCOc1ccc(N)cc1F. The molecule has 0 saturated carbocycles. The van der Waals surface area contributed by atoms with E-state index in [1.54, 1.807) is 13.0 Å². The average Bonchev–Trinajstić information content (AvgIpc) is 2.36. The molecule has 0 aliphatic rings. The van der Waals surface area contributed by atoms with Crippen molar-refractivity contribution in [1.82, 2.24) is 0 Å². The van der Waals surface area contributed by atoms with Gasteiger partial charge in [-0.1, -0.05) is 0 Å². The molecule has 0 spiro atoms. The van der Waals surface area contributed by atoms with Gasteiger partial charge in [0.25, 0.3) is 0 Å². The maximum Gasteiger partial charge on any atom is 0.305 e. The number of anilines is 1. The lowest BCUT2D eigenvalue weighted by Gasteiger charge is -2.07. The van der Waals surface area contributed by atoms with Gasteiger partial charge in [0.1, 0.15) is 0 Å². The van der Waals surface area contributed by atoms with Gasteiger partial charge in [0.15, 0.2) is 11.6 Å². The molecule has 0 saturated heterocycles. The summed E-state index contributed by atoms with van der Waals surface area (Å²) in [6.45, 7) is 2.62. The lowest BCUT2D eigenvalue weighted by atomic mass is 10.2. The fraction of sp³-hybridized carbons (Fsp3) is 0.500. The number of halogens is 1. The highest BCUT2D eigenvalue weighted by molar-refractivity contribution is 5.69. The predicted octanol–water partition coefficient (Wildman–Crippen LogP) is 2.91. The van der Waals surface area contributed by atoms with E-state index in [4.69, 9.17) is 15.2 Å². The van der Waals surface area contributed by atoms with Gasteiger partial charge in [0.05, 0.1) is 13.2 Å². The quantitative estimate of drug-likeness (QED) is 0.448. The van der Waals surface area contributed by atoms with Gasteiger partial charge >= 0.3 is 5.97 Å². The molecule has 106 valence electrons. The first kappa shape index (κ1) is 15.3. The molecule has 0 fully saturated rings.